The molecule has 25 heavy (non-hydrogen) atoms. The van der Waals surface area contributed by atoms with Crippen LogP contribution in [-0.4, -0.2) is 38.6 Å². The van der Waals surface area contributed by atoms with Crippen LogP contribution in [0, 0.1) is 20.8 Å². The summed E-state index contributed by atoms with van der Waals surface area (Å²) in [5.74, 6) is 0.101. The van der Waals surface area contributed by atoms with Crippen LogP contribution >= 0.6 is 0 Å². The van der Waals surface area contributed by atoms with E-state index in [2.05, 4.69) is 61.3 Å². The number of hydrogen-bond acceptors (Lipinski definition) is 2. The summed E-state index contributed by atoms with van der Waals surface area (Å²) in [6, 6.07) is 14.7. The molecule has 3 rings (SSSR count). The molecule has 0 spiro atoms. The van der Waals surface area contributed by atoms with E-state index in [1.807, 2.05) is 12.1 Å². The zero-order chi connectivity index (χ0) is 17.8. The fourth-order valence-electron chi connectivity index (χ4n) is 3.64. The van der Waals surface area contributed by atoms with Gasteiger partial charge in [0.2, 0.25) is 0 Å². The molecule has 4 heteroatoms. The lowest BCUT2D eigenvalue weighted by Gasteiger charge is -2.34. The van der Waals surface area contributed by atoms with Gasteiger partial charge in [0.1, 0.15) is 0 Å². The molecule has 0 unspecified atom stereocenters. The van der Waals surface area contributed by atoms with Crippen LogP contribution in [0.15, 0.2) is 42.5 Å². The van der Waals surface area contributed by atoms with Crippen LogP contribution in [0.3, 0.4) is 0 Å². The van der Waals surface area contributed by atoms with Gasteiger partial charge in [-0.2, -0.15) is 0 Å². The van der Waals surface area contributed by atoms with E-state index in [0.29, 0.717) is 6.54 Å². The Hall–Kier alpha value is -2.33. The van der Waals surface area contributed by atoms with Gasteiger partial charge in [-0.3, -0.25) is 4.79 Å². The Morgan fingerprint density at radius 2 is 1.68 bits per heavy atom. The molecule has 1 aliphatic heterocycles. The number of carbonyl (C=O) groups excluding carboxylic acids is 1. The monoisotopic (exact) mass is 338 g/mol. The van der Waals surface area contributed by atoms with E-state index in [0.717, 1.165) is 31.9 Å². The number of amides is 1. The Morgan fingerprint density at radius 3 is 2.32 bits per heavy atom. The van der Waals surface area contributed by atoms with Crippen molar-refractivity contribution in [2.75, 3.05) is 42.9 Å². The molecule has 1 saturated heterocycles. The molecule has 1 amide bonds. The summed E-state index contributed by atoms with van der Waals surface area (Å²) in [4.78, 5) is 16.1. The van der Waals surface area contributed by atoms with Crippen LogP contribution in [-0.2, 0) is 4.79 Å². The zero-order valence-corrected chi connectivity index (χ0v) is 15.4. The average Bonchev–Trinajstić information content (AvgIpc) is 2.55. The molecule has 132 valence electrons. The number of piperazine rings is 1. The molecule has 0 bridgehead atoms. The summed E-state index contributed by atoms with van der Waals surface area (Å²) >= 11 is 0. The Labute approximate surface area is 150 Å². The summed E-state index contributed by atoms with van der Waals surface area (Å²) in [5, 5.41) is 3.05. The van der Waals surface area contributed by atoms with E-state index in [1.54, 1.807) is 0 Å². The van der Waals surface area contributed by atoms with Crippen LogP contribution in [0.25, 0.3) is 0 Å². The normalized spacial score (nSPS) is 15.2. The predicted octanol–water partition coefficient (Wildman–Crippen LogP) is 1.96. The van der Waals surface area contributed by atoms with Crippen molar-refractivity contribution < 1.29 is 9.69 Å². The number of nitrogens with one attached hydrogen (secondary N) is 2. The minimum Gasteiger partial charge on any atom is -0.360 e. The Kier molecular flexibility index (Phi) is 5.39. The van der Waals surface area contributed by atoms with Gasteiger partial charge in [-0.25, -0.2) is 0 Å². The van der Waals surface area contributed by atoms with Crippen molar-refractivity contribution in [3.8, 4) is 0 Å². The summed E-state index contributed by atoms with van der Waals surface area (Å²) in [6.07, 6.45) is 0. The number of nitrogens with zero attached hydrogens (tertiary/aromatic N) is 1. The van der Waals surface area contributed by atoms with Crippen LogP contribution in [0.2, 0.25) is 0 Å². The quantitative estimate of drug-likeness (QED) is 0.894. The summed E-state index contributed by atoms with van der Waals surface area (Å²) in [6.45, 7) is 10.8. The highest BCUT2D eigenvalue weighted by Gasteiger charge is 2.23. The second kappa shape index (κ2) is 7.70. The van der Waals surface area contributed by atoms with Crippen molar-refractivity contribution in [3.63, 3.8) is 0 Å². The third-order valence-electron chi connectivity index (χ3n) is 4.84. The third kappa shape index (κ3) is 4.60. The van der Waals surface area contributed by atoms with Crippen molar-refractivity contribution in [1.82, 2.24) is 0 Å². The lowest BCUT2D eigenvalue weighted by Crippen LogP contribution is -3.15. The first-order chi connectivity index (χ1) is 12.0. The predicted molar refractivity (Wildman–Crippen MR) is 104 cm³/mol. The molecule has 1 heterocycles. The van der Waals surface area contributed by atoms with E-state index >= 15 is 0 Å². The maximum Gasteiger partial charge on any atom is 0.279 e. The summed E-state index contributed by atoms with van der Waals surface area (Å²) < 4.78 is 0. The molecule has 2 aromatic rings. The maximum absolute atomic E-state index is 12.4. The van der Waals surface area contributed by atoms with Gasteiger partial charge in [0.15, 0.2) is 6.54 Å². The lowest BCUT2D eigenvalue weighted by atomic mass is 10.1. The molecule has 0 saturated carbocycles. The fraction of sp³-hybridized carbons (Fsp3) is 0.381. The van der Waals surface area contributed by atoms with Gasteiger partial charge in [0.25, 0.3) is 5.91 Å². The highest BCUT2D eigenvalue weighted by molar-refractivity contribution is 5.91. The molecule has 1 aliphatic rings. The number of carbonyl (C=O) groups is 1. The van der Waals surface area contributed by atoms with Crippen LogP contribution in [0.4, 0.5) is 11.4 Å². The number of aryl methyl sites for hydroxylation is 3. The van der Waals surface area contributed by atoms with Crippen molar-refractivity contribution in [3.05, 3.63) is 59.2 Å². The Morgan fingerprint density at radius 1 is 1.04 bits per heavy atom. The molecule has 0 radical (unpaired) electrons. The number of hydrogen-bond donors (Lipinski definition) is 2. The number of anilines is 2. The van der Waals surface area contributed by atoms with E-state index in [-0.39, 0.29) is 5.91 Å². The molecule has 2 aromatic carbocycles. The van der Waals surface area contributed by atoms with Gasteiger partial charge in [0, 0.05) is 11.4 Å². The Bertz CT molecular complexity index is 728. The minimum atomic E-state index is 0.101. The molecule has 0 atom stereocenters. The molecular weight excluding hydrogens is 310 g/mol. The smallest absolute Gasteiger partial charge is 0.279 e. The van der Waals surface area contributed by atoms with Crippen molar-refractivity contribution in [2.24, 2.45) is 0 Å². The highest BCUT2D eigenvalue weighted by atomic mass is 16.2. The van der Waals surface area contributed by atoms with Gasteiger partial charge in [-0.15, -0.1) is 0 Å². The molecule has 0 aromatic heterocycles. The second-order valence-electron chi connectivity index (χ2n) is 7.12. The first-order valence-corrected chi connectivity index (χ1v) is 9.03. The van der Waals surface area contributed by atoms with Gasteiger partial charge in [-0.1, -0.05) is 24.3 Å². The topological polar surface area (TPSA) is 36.8 Å². The van der Waals surface area contributed by atoms with E-state index < -0.39 is 0 Å². The zero-order valence-electron chi connectivity index (χ0n) is 15.4. The van der Waals surface area contributed by atoms with Crippen molar-refractivity contribution in [1.29, 1.82) is 0 Å². The lowest BCUT2D eigenvalue weighted by molar-refractivity contribution is -0.892. The largest absolute Gasteiger partial charge is 0.360 e. The molecule has 4 nitrogen and oxygen atoms in total. The van der Waals surface area contributed by atoms with Crippen LogP contribution in [0.5, 0.6) is 0 Å². The van der Waals surface area contributed by atoms with Crippen molar-refractivity contribution >= 4 is 17.3 Å². The van der Waals surface area contributed by atoms with E-state index in [4.69, 9.17) is 0 Å². The fourth-order valence-corrected chi connectivity index (χ4v) is 3.64. The maximum atomic E-state index is 12.4. The number of rotatable bonds is 4. The first-order valence-electron chi connectivity index (χ1n) is 9.03. The second-order valence-corrected chi connectivity index (χ2v) is 7.12. The summed E-state index contributed by atoms with van der Waals surface area (Å²) in [7, 11) is 0. The summed E-state index contributed by atoms with van der Waals surface area (Å²) in [5.41, 5.74) is 5.89. The molecule has 2 N–H and O–H groups in total. The third-order valence-corrected chi connectivity index (χ3v) is 4.84. The van der Waals surface area contributed by atoms with Gasteiger partial charge < -0.3 is 15.1 Å². The van der Waals surface area contributed by atoms with Gasteiger partial charge >= 0.3 is 0 Å². The van der Waals surface area contributed by atoms with Crippen molar-refractivity contribution in [2.45, 2.75) is 20.8 Å². The van der Waals surface area contributed by atoms with Gasteiger partial charge in [-0.05, 0) is 55.7 Å². The number of benzene rings is 2. The number of quaternary nitrogens is 1. The standard InChI is InChI=1S/C21H27N3O/c1-16-12-17(2)14-19(13-16)22-21(25)15-23-8-10-24(11-9-23)20-7-5-4-6-18(20)3/h4-7,12-14H,8-11,15H2,1-3H3,(H,22,25)/p+1. The number of para-hydroxylation sites is 1. The first kappa shape index (κ1) is 17.5. The van der Waals surface area contributed by atoms with Crippen LogP contribution in [0.1, 0.15) is 16.7 Å². The van der Waals surface area contributed by atoms with Gasteiger partial charge in [0.05, 0.1) is 26.2 Å². The molecule has 1 fully saturated rings. The molecular formula is C21H28N3O+. The molecule has 0 aliphatic carbocycles. The minimum absolute atomic E-state index is 0.101. The highest BCUT2D eigenvalue weighted by Crippen LogP contribution is 2.18. The van der Waals surface area contributed by atoms with Crippen LogP contribution < -0.4 is 15.1 Å². The van der Waals surface area contributed by atoms with E-state index in [9.17, 15) is 4.79 Å². The SMILES string of the molecule is Cc1cc(C)cc(NC(=O)C[NH+]2CCN(c3ccccc3C)CC2)c1. The Balaban J connectivity index is 1.52. The average molecular weight is 338 g/mol. The van der Waals surface area contributed by atoms with E-state index in [1.165, 1.54) is 27.3 Å².